The molecular weight excluding hydrogens is 302 g/mol. The van der Waals surface area contributed by atoms with E-state index in [9.17, 15) is 0 Å². The summed E-state index contributed by atoms with van der Waals surface area (Å²) in [5.41, 5.74) is 0.368. The largest absolute Gasteiger partial charge is 0.380 e. The van der Waals surface area contributed by atoms with Crippen molar-refractivity contribution in [2.24, 2.45) is 22.2 Å². The van der Waals surface area contributed by atoms with Crippen LogP contribution >= 0.6 is 0 Å². The molecule has 1 spiro atoms. The first kappa shape index (κ1) is 18.0. The van der Waals surface area contributed by atoms with Crippen LogP contribution in [0.2, 0.25) is 0 Å². The first-order chi connectivity index (χ1) is 11.7. The van der Waals surface area contributed by atoms with Gasteiger partial charge in [-0.25, -0.2) is 0 Å². The molecule has 1 aliphatic heterocycles. The third-order valence-corrected chi connectivity index (χ3v) is 6.18. The first-order valence-corrected chi connectivity index (χ1v) is 9.84. The van der Waals surface area contributed by atoms with Crippen molar-refractivity contribution in [1.82, 2.24) is 10.6 Å². The highest BCUT2D eigenvalue weighted by atomic mass is 16.5. The molecule has 3 atom stereocenters. The Labute approximate surface area is 147 Å². The van der Waals surface area contributed by atoms with Crippen molar-refractivity contribution in [2.75, 3.05) is 33.4 Å². The molecule has 0 aromatic rings. The fourth-order valence-corrected chi connectivity index (χ4v) is 4.91. The van der Waals surface area contributed by atoms with Gasteiger partial charge in [0.15, 0.2) is 5.96 Å². The molecule has 3 unspecified atom stereocenters. The molecule has 24 heavy (non-hydrogen) atoms. The SMILES string of the molecule is CN=C(NCCOCCC(C)C)NC1C2CCOC2C12CCCC2. The zero-order valence-corrected chi connectivity index (χ0v) is 15.6. The molecule has 0 radical (unpaired) electrons. The van der Waals surface area contributed by atoms with Crippen molar-refractivity contribution in [3.05, 3.63) is 0 Å². The van der Waals surface area contributed by atoms with Crippen LogP contribution in [0.15, 0.2) is 4.99 Å². The molecule has 0 bridgehead atoms. The lowest BCUT2D eigenvalue weighted by Crippen LogP contribution is -2.69. The van der Waals surface area contributed by atoms with Crippen LogP contribution in [-0.4, -0.2) is 51.5 Å². The van der Waals surface area contributed by atoms with E-state index in [0.29, 0.717) is 29.4 Å². The second kappa shape index (κ2) is 8.05. The highest BCUT2D eigenvalue weighted by Gasteiger charge is 2.65. The van der Waals surface area contributed by atoms with Crippen molar-refractivity contribution >= 4 is 5.96 Å². The van der Waals surface area contributed by atoms with Gasteiger partial charge in [0.25, 0.3) is 0 Å². The molecule has 0 amide bonds. The first-order valence-electron chi connectivity index (χ1n) is 9.84. The van der Waals surface area contributed by atoms with E-state index in [1.54, 1.807) is 0 Å². The number of aliphatic imine (C=N–C) groups is 1. The minimum Gasteiger partial charge on any atom is -0.380 e. The predicted molar refractivity (Wildman–Crippen MR) is 97.3 cm³/mol. The van der Waals surface area contributed by atoms with E-state index in [1.807, 2.05) is 7.05 Å². The van der Waals surface area contributed by atoms with Crippen molar-refractivity contribution in [1.29, 1.82) is 0 Å². The number of nitrogens with zero attached hydrogens (tertiary/aromatic N) is 1. The van der Waals surface area contributed by atoms with Crippen molar-refractivity contribution in [2.45, 2.75) is 64.5 Å². The molecule has 138 valence electrons. The van der Waals surface area contributed by atoms with Gasteiger partial charge in [-0.1, -0.05) is 26.7 Å². The number of hydrogen-bond acceptors (Lipinski definition) is 3. The van der Waals surface area contributed by atoms with Gasteiger partial charge >= 0.3 is 0 Å². The Hall–Kier alpha value is -0.810. The topological polar surface area (TPSA) is 54.9 Å². The smallest absolute Gasteiger partial charge is 0.191 e. The van der Waals surface area contributed by atoms with E-state index in [2.05, 4.69) is 29.5 Å². The summed E-state index contributed by atoms with van der Waals surface area (Å²) >= 11 is 0. The lowest BCUT2D eigenvalue weighted by molar-refractivity contribution is -0.125. The van der Waals surface area contributed by atoms with E-state index < -0.39 is 0 Å². The summed E-state index contributed by atoms with van der Waals surface area (Å²) < 4.78 is 11.7. The van der Waals surface area contributed by atoms with Crippen LogP contribution in [-0.2, 0) is 9.47 Å². The van der Waals surface area contributed by atoms with E-state index >= 15 is 0 Å². The maximum atomic E-state index is 6.06. The van der Waals surface area contributed by atoms with Crippen LogP contribution in [0.5, 0.6) is 0 Å². The summed E-state index contributed by atoms with van der Waals surface area (Å²) in [5.74, 6) is 2.29. The Bertz CT molecular complexity index is 432. The molecular formula is C19H35N3O2. The molecule has 3 rings (SSSR count). The van der Waals surface area contributed by atoms with Crippen LogP contribution in [0.25, 0.3) is 0 Å². The van der Waals surface area contributed by atoms with Gasteiger partial charge in [-0.05, 0) is 31.6 Å². The van der Waals surface area contributed by atoms with Gasteiger partial charge in [0.05, 0.1) is 12.7 Å². The molecule has 1 saturated heterocycles. The zero-order valence-electron chi connectivity index (χ0n) is 15.6. The number of hydrogen-bond donors (Lipinski definition) is 2. The average Bonchev–Trinajstić information content (AvgIpc) is 3.21. The Kier molecular flexibility index (Phi) is 6.03. The predicted octanol–water partition coefficient (Wildman–Crippen LogP) is 2.56. The molecule has 5 nitrogen and oxygen atoms in total. The van der Waals surface area contributed by atoms with Gasteiger partial charge in [-0.2, -0.15) is 0 Å². The fourth-order valence-electron chi connectivity index (χ4n) is 4.91. The van der Waals surface area contributed by atoms with Gasteiger partial charge in [-0.15, -0.1) is 0 Å². The number of ether oxygens (including phenoxy) is 2. The van der Waals surface area contributed by atoms with Crippen LogP contribution in [0.4, 0.5) is 0 Å². The molecule has 0 aromatic heterocycles. The molecule has 5 heteroatoms. The zero-order chi connectivity index (χ0) is 17.0. The van der Waals surface area contributed by atoms with Gasteiger partial charge in [-0.3, -0.25) is 4.99 Å². The summed E-state index contributed by atoms with van der Waals surface area (Å²) in [6.45, 7) is 7.78. The van der Waals surface area contributed by atoms with Crippen LogP contribution in [0.1, 0.15) is 52.4 Å². The number of fused-ring (bicyclic) bond motifs is 2. The Morgan fingerprint density at radius 1 is 1.29 bits per heavy atom. The summed E-state index contributed by atoms with van der Waals surface area (Å²) in [7, 11) is 1.86. The monoisotopic (exact) mass is 337 g/mol. The Balaban J connectivity index is 1.43. The quantitative estimate of drug-likeness (QED) is 0.426. The Morgan fingerprint density at radius 2 is 2.08 bits per heavy atom. The van der Waals surface area contributed by atoms with Gasteiger partial charge in [0, 0.05) is 44.2 Å². The lowest BCUT2D eigenvalue weighted by Gasteiger charge is -2.57. The van der Waals surface area contributed by atoms with E-state index in [-0.39, 0.29) is 0 Å². The van der Waals surface area contributed by atoms with Crippen LogP contribution in [0, 0.1) is 17.3 Å². The summed E-state index contributed by atoms with van der Waals surface area (Å²) in [6, 6.07) is 0.528. The van der Waals surface area contributed by atoms with Crippen molar-refractivity contribution < 1.29 is 9.47 Å². The maximum Gasteiger partial charge on any atom is 0.191 e. The molecule has 2 saturated carbocycles. The van der Waals surface area contributed by atoms with Crippen LogP contribution in [0.3, 0.4) is 0 Å². The molecule has 2 N–H and O–H groups in total. The highest BCUT2D eigenvalue weighted by Crippen LogP contribution is 2.60. The standard InChI is InChI=1S/C19H35N3O2/c1-14(2)6-11-23-13-10-21-18(20-3)22-16-15-7-12-24-17(15)19(16)8-4-5-9-19/h14-17H,4-13H2,1-3H3,(H2,20,21,22). The third kappa shape index (κ3) is 3.57. The normalized spacial score (nSPS) is 31.3. The molecule has 1 heterocycles. The van der Waals surface area contributed by atoms with E-state index in [1.165, 1.54) is 32.1 Å². The van der Waals surface area contributed by atoms with Gasteiger partial charge in [0.1, 0.15) is 0 Å². The highest BCUT2D eigenvalue weighted by molar-refractivity contribution is 5.80. The summed E-state index contributed by atoms with van der Waals surface area (Å²) in [5, 5.41) is 7.14. The average molecular weight is 338 g/mol. The van der Waals surface area contributed by atoms with E-state index in [4.69, 9.17) is 9.47 Å². The number of guanidine groups is 1. The third-order valence-electron chi connectivity index (χ3n) is 6.18. The molecule has 3 fully saturated rings. The van der Waals surface area contributed by atoms with Gasteiger partial charge in [0.2, 0.25) is 0 Å². The second-order valence-corrected chi connectivity index (χ2v) is 8.10. The Morgan fingerprint density at radius 3 is 2.79 bits per heavy atom. The second-order valence-electron chi connectivity index (χ2n) is 8.10. The molecule has 3 aliphatic rings. The lowest BCUT2D eigenvalue weighted by atomic mass is 9.54. The number of rotatable bonds is 7. The summed E-state index contributed by atoms with van der Waals surface area (Å²) in [4.78, 5) is 4.42. The van der Waals surface area contributed by atoms with Gasteiger partial charge < -0.3 is 20.1 Å². The van der Waals surface area contributed by atoms with E-state index in [0.717, 1.165) is 38.7 Å². The van der Waals surface area contributed by atoms with Crippen LogP contribution < -0.4 is 10.6 Å². The molecule has 0 aromatic carbocycles. The molecule has 2 aliphatic carbocycles. The minimum atomic E-state index is 0.368. The number of nitrogens with one attached hydrogen (secondary N) is 2. The minimum absolute atomic E-state index is 0.368. The fraction of sp³-hybridized carbons (Fsp3) is 0.947. The van der Waals surface area contributed by atoms with Crippen molar-refractivity contribution in [3.63, 3.8) is 0 Å². The van der Waals surface area contributed by atoms with Crippen molar-refractivity contribution in [3.8, 4) is 0 Å². The summed E-state index contributed by atoms with van der Waals surface area (Å²) in [6.07, 6.45) is 8.12. The maximum absolute atomic E-state index is 6.06.